The van der Waals surface area contributed by atoms with Gasteiger partial charge in [0.15, 0.2) is 11.5 Å². The van der Waals surface area contributed by atoms with Crippen molar-refractivity contribution in [1.82, 2.24) is 19.8 Å². The number of para-hydroxylation sites is 1. The number of aromatic nitrogens is 4. The van der Waals surface area contributed by atoms with Crippen LogP contribution in [-0.4, -0.2) is 32.5 Å². The lowest BCUT2D eigenvalue weighted by Crippen LogP contribution is -2.24. The molecule has 7 heteroatoms. The van der Waals surface area contributed by atoms with Crippen molar-refractivity contribution in [2.24, 2.45) is 0 Å². The molecule has 2 aromatic carbocycles. The number of fused-ring (bicyclic) bond motifs is 2. The van der Waals surface area contributed by atoms with Gasteiger partial charge in [-0.3, -0.25) is 0 Å². The lowest BCUT2D eigenvalue weighted by atomic mass is 10.1. The molecule has 1 aliphatic rings. The molecular weight excluding hydrogens is 345 g/mol. The van der Waals surface area contributed by atoms with Crippen molar-refractivity contribution < 1.29 is 9.13 Å². The van der Waals surface area contributed by atoms with Gasteiger partial charge in [-0.2, -0.15) is 4.52 Å². The predicted octanol–water partition coefficient (Wildman–Crippen LogP) is 3.35. The number of nitrogens with one attached hydrogen (secondary N) is 1. The van der Waals surface area contributed by atoms with E-state index in [1.54, 1.807) is 28.8 Å². The van der Waals surface area contributed by atoms with E-state index in [2.05, 4.69) is 26.7 Å². The van der Waals surface area contributed by atoms with Crippen LogP contribution in [0.2, 0.25) is 0 Å². The van der Waals surface area contributed by atoms with Gasteiger partial charge in [-0.1, -0.05) is 30.3 Å². The average molecular weight is 361 g/mol. The van der Waals surface area contributed by atoms with E-state index in [0.29, 0.717) is 29.4 Å². The second-order valence-corrected chi connectivity index (χ2v) is 6.42. The van der Waals surface area contributed by atoms with Crippen molar-refractivity contribution in [3.8, 4) is 17.1 Å². The normalized spacial score (nSPS) is 15.5. The zero-order valence-electron chi connectivity index (χ0n) is 14.3. The van der Waals surface area contributed by atoms with Gasteiger partial charge in [0.2, 0.25) is 0 Å². The summed E-state index contributed by atoms with van der Waals surface area (Å²) in [4.78, 5) is 0. The van der Waals surface area contributed by atoms with Crippen LogP contribution in [0.5, 0.6) is 5.75 Å². The van der Waals surface area contributed by atoms with E-state index in [9.17, 15) is 4.39 Å². The molecule has 0 fully saturated rings. The van der Waals surface area contributed by atoms with Gasteiger partial charge in [0.25, 0.3) is 0 Å². The maximum absolute atomic E-state index is 14.1. The molecule has 0 radical (unpaired) electrons. The van der Waals surface area contributed by atoms with Crippen molar-refractivity contribution in [3.05, 3.63) is 72.0 Å². The third-order valence-electron chi connectivity index (χ3n) is 4.60. The lowest BCUT2D eigenvalue weighted by molar-refractivity contribution is 0.246. The molecular formula is C20H16FN5O. The Hall–Kier alpha value is -3.48. The van der Waals surface area contributed by atoms with E-state index in [0.717, 1.165) is 12.2 Å². The first-order valence-corrected chi connectivity index (χ1v) is 8.74. The Labute approximate surface area is 154 Å². The summed E-state index contributed by atoms with van der Waals surface area (Å²) in [5.74, 6) is 1.60. The lowest BCUT2D eigenvalue weighted by Gasteiger charge is -2.12. The van der Waals surface area contributed by atoms with E-state index in [1.165, 1.54) is 11.6 Å². The number of hydrogen-bond acceptors (Lipinski definition) is 5. The number of nitrogens with zero attached hydrogens (tertiary/aromatic N) is 4. The smallest absolute Gasteiger partial charge is 0.188 e. The zero-order chi connectivity index (χ0) is 18.2. The number of rotatable bonds is 4. The van der Waals surface area contributed by atoms with Crippen LogP contribution >= 0.6 is 0 Å². The van der Waals surface area contributed by atoms with Gasteiger partial charge in [0.1, 0.15) is 23.5 Å². The highest BCUT2D eigenvalue weighted by molar-refractivity contribution is 5.60. The van der Waals surface area contributed by atoms with E-state index < -0.39 is 0 Å². The molecule has 5 rings (SSSR count). The summed E-state index contributed by atoms with van der Waals surface area (Å²) in [6.45, 7) is 0.615. The van der Waals surface area contributed by atoms with Crippen LogP contribution in [0.3, 0.4) is 0 Å². The fraction of sp³-hybridized carbons (Fsp3) is 0.150. The molecule has 6 nitrogen and oxygen atoms in total. The molecule has 0 saturated heterocycles. The zero-order valence-corrected chi connectivity index (χ0v) is 14.3. The van der Waals surface area contributed by atoms with Gasteiger partial charge >= 0.3 is 0 Å². The van der Waals surface area contributed by atoms with Crippen LogP contribution in [0.25, 0.3) is 17.0 Å². The van der Waals surface area contributed by atoms with E-state index >= 15 is 0 Å². The fourth-order valence-electron chi connectivity index (χ4n) is 3.28. The van der Waals surface area contributed by atoms with E-state index in [1.807, 2.05) is 24.3 Å². The molecule has 134 valence electrons. The van der Waals surface area contributed by atoms with Crippen molar-refractivity contribution in [2.45, 2.75) is 12.5 Å². The molecule has 1 aliphatic heterocycles. The molecule has 4 aromatic rings. The van der Waals surface area contributed by atoms with Crippen molar-refractivity contribution >= 4 is 11.5 Å². The molecule has 2 aromatic heterocycles. The molecule has 3 heterocycles. The summed E-state index contributed by atoms with van der Waals surface area (Å²) in [6.07, 6.45) is 0.908. The predicted molar refractivity (Wildman–Crippen MR) is 99.2 cm³/mol. The first-order chi connectivity index (χ1) is 13.3. The Morgan fingerprint density at radius 1 is 1.04 bits per heavy atom. The first-order valence-electron chi connectivity index (χ1n) is 8.74. The topological polar surface area (TPSA) is 64.3 Å². The summed E-state index contributed by atoms with van der Waals surface area (Å²) in [7, 11) is 0. The molecule has 0 saturated carbocycles. The Bertz CT molecular complexity index is 1100. The maximum atomic E-state index is 14.1. The molecule has 0 bridgehead atoms. The molecule has 1 atom stereocenters. The molecule has 1 unspecified atom stereocenters. The number of anilines is 1. The molecule has 0 spiro atoms. The second kappa shape index (κ2) is 6.35. The van der Waals surface area contributed by atoms with Crippen LogP contribution in [0.1, 0.15) is 5.56 Å². The largest absolute Gasteiger partial charge is 0.488 e. The van der Waals surface area contributed by atoms with Crippen LogP contribution in [0.15, 0.2) is 60.7 Å². The highest BCUT2D eigenvalue weighted by Gasteiger charge is 2.22. The summed E-state index contributed by atoms with van der Waals surface area (Å²) < 4.78 is 21.6. The minimum Gasteiger partial charge on any atom is -0.488 e. The summed E-state index contributed by atoms with van der Waals surface area (Å²) in [5, 5.41) is 16.0. The summed E-state index contributed by atoms with van der Waals surface area (Å²) in [6, 6.07) is 18.1. The van der Waals surface area contributed by atoms with Gasteiger partial charge in [-0.15, -0.1) is 15.3 Å². The van der Waals surface area contributed by atoms with Crippen LogP contribution in [0, 0.1) is 5.82 Å². The number of halogens is 1. The Morgan fingerprint density at radius 3 is 2.78 bits per heavy atom. The third-order valence-corrected chi connectivity index (χ3v) is 4.60. The quantitative estimate of drug-likeness (QED) is 0.604. The SMILES string of the molecule is Fc1ccccc1-c1nnc2ccc(NCC3Cc4ccccc4O3)nn12. The summed E-state index contributed by atoms with van der Waals surface area (Å²) >= 11 is 0. The molecule has 0 amide bonds. The van der Waals surface area contributed by atoms with Crippen LogP contribution in [0.4, 0.5) is 10.2 Å². The summed E-state index contributed by atoms with van der Waals surface area (Å²) in [5.41, 5.74) is 2.14. The Morgan fingerprint density at radius 2 is 1.89 bits per heavy atom. The minimum atomic E-state index is -0.357. The van der Waals surface area contributed by atoms with E-state index in [-0.39, 0.29) is 11.9 Å². The van der Waals surface area contributed by atoms with E-state index in [4.69, 9.17) is 4.74 Å². The van der Waals surface area contributed by atoms with Crippen molar-refractivity contribution in [1.29, 1.82) is 0 Å². The van der Waals surface area contributed by atoms with Crippen LogP contribution in [-0.2, 0) is 6.42 Å². The number of ether oxygens (including phenoxy) is 1. The first kappa shape index (κ1) is 15.7. The number of benzene rings is 2. The van der Waals surface area contributed by atoms with Gasteiger partial charge in [-0.05, 0) is 35.9 Å². The van der Waals surface area contributed by atoms with Crippen molar-refractivity contribution in [2.75, 3.05) is 11.9 Å². The molecule has 1 N–H and O–H groups in total. The Kier molecular flexibility index (Phi) is 3.71. The molecule has 0 aliphatic carbocycles. The molecule has 27 heavy (non-hydrogen) atoms. The second-order valence-electron chi connectivity index (χ2n) is 6.42. The van der Waals surface area contributed by atoms with Crippen LogP contribution < -0.4 is 10.1 Å². The van der Waals surface area contributed by atoms with Gasteiger partial charge < -0.3 is 10.1 Å². The fourth-order valence-corrected chi connectivity index (χ4v) is 3.28. The third kappa shape index (κ3) is 2.87. The standard InChI is InChI=1S/C20H16FN5O/c21-16-7-3-2-6-15(16)20-24-23-19-10-9-18(25-26(19)20)22-12-14-11-13-5-1-4-8-17(13)27-14/h1-10,14H,11-12H2,(H,22,25). The number of hydrogen-bond donors (Lipinski definition) is 1. The monoisotopic (exact) mass is 361 g/mol. The van der Waals surface area contributed by atoms with Gasteiger partial charge in [0, 0.05) is 6.42 Å². The van der Waals surface area contributed by atoms with Gasteiger partial charge in [-0.25, -0.2) is 4.39 Å². The van der Waals surface area contributed by atoms with Gasteiger partial charge in [0.05, 0.1) is 12.1 Å². The highest BCUT2D eigenvalue weighted by Crippen LogP contribution is 2.28. The average Bonchev–Trinajstić information content (AvgIpc) is 3.30. The minimum absolute atomic E-state index is 0.0480. The Balaban J connectivity index is 1.37. The van der Waals surface area contributed by atoms with Crippen molar-refractivity contribution in [3.63, 3.8) is 0 Å². The highest BCUT2D eigenvalue weighted by atomic mass is 19.1. The maximum Gasteiger partial charge on any atom is 0.188 e.